The van der Waals surface area contributed by atoms with Gasteiger partial charge in [0.05, 0.1) is 11.4 Å². The molecule has 3 N–H and O–H groups in total. The number of nitrogens with two attached hydrogens (primary N) is 1. The van der Waals surface area contributed by atoms with Crippen LogP contribution in [-0.4, -0.2) is 28.2 Å². The highest BCUT2D eigenvalue weighted by Crippen LogP contribution is 2.43. The Kier molecular flexibility index (Phi) is 5.03. The average molecular weight is 390 g/mol. The van der Waals surface area contributed by atoms with Crippen molar-refractivity contribution in [3.8, 4) is 11.4 Å². The molecule has 1 fully saturated rings. The number of aromatic nitrogens is 2. The predicted molar refractivity (Wildman–Crippen MR) is 109 cm³/mol. The molecule has 1 saturated carbocycles. The van der Waals surface area contributed by atoms with E-state index in [0.717, 1.165) is 29.8 Å². The molecule has 0 radical (unpaired) electrons. The third-order valence-corrected chi connectivity index (χ3v) is 4.85. The molecule has 0 atom stereocenters. The fourth-order valence-electron chi connectivity index (χ4n) is 3.20. The zero-order valence-corrected chi connectivity index (χ0v) is 16.1. The number of anilines is 1. The number of nitrogens with one attached hydrogen (secondary N) is 1. The first-order chi connectivity index (χ1) is 14.0. The SMILES string of the molecule is Cc1c(C2CC2)nn(-c2ccccc2)c1NC(=O)c1ccc(OCC(N)=O)cc1. The molecule has 3 aromatic rings. The lowest BCUT2D eigenvalue weighted by atomic mass is 10.1. The molecule has 1 aromatic heterocycles. The number of amides is 2. The maximum Gasteiger partial charge on any atom is 0.256 e. The summed E-state index contributed by atoms with van der Waals surface area (Å²) in [5.41, 5.74) is 8.48. The van der Waals surface area contributed by atoms with Gasteiger partial charge in [0.2, 0.25) is 0 Å². The van der Waals surface area contributed by atoms with Gasteiger partial charge in [-0.25, -0.2) is 4.68 Å². The molecule has 4 rings (SSSR count). The fraction of sp³-hybridized carbons (Fsp3) is 0.227. The number of nitrogens with zero attached hydrogens (tertiary/aromatic N) is 2. The molecule has 2 amide bonds. The number of para-hydroxylation sites is 1. The van der Waals surface area contributed by atoms with Gasteiger partial charge in [-0.1, -0.05) is 18.2 Å². The minimum atomic E-state index is -0.553. The molecule has 0 bridgehead atoms. The van der Waals surface area contributed by atoms with Crippen LogP contribution in [-0.2, 0) is 4.79 Å². The zero-order valence-electron chi connectivity index (χ0n) is 16.1. The molecular weight excluding hydrogens is 368 g/mol. The topological polar surface area (TPSA) is 99.2 Å². The number of hydrogen-bond donors (Lipinski definition) is 2. The van der Waals surface area contributed by atoms with Crippen molar-refractivity contribution < 1.29 is 14.3 Å². The predicted octanol–water partition coefficient (Wildman–Crippen LogP) is 3.17. The van der Waals surface area contributed by atoms with Crippen molar-refractivity contribution in [2.24, 2.45) is 5.73 Å². The van der Waals surface area contributed by atoms with Gasteiger partial charge in [-0.15, -0.1) is 0 Å². The number of primary amides is 1. The number of benzene rings is 2. The molecule has 148 valence electrons. The van der Waals surface area contributed by atoms with Gasteiger partial charge in [0.25, 0.3) is 11.8 Å². The molecule has 1 aliphatic rings. The van der Waals surface area contributed by atoms with E-state index in [0.29, 0.717) is 23.0 Å². The van der Waals surface area contributed by atoms with Gasteiger partial charge in [0, 0.05) is 17.0 Å². The van der Waals surface area contributed by atoms with Gasteiger partial charge in [0.1, 0.15) is 11.6 Å². The Morgan fingerprint density at radius 3 is 2.45 bits per heavy atom. The van der Waals surface area contributed by atoms with Gasteiger partial charge in [-0.3, -0.25) is 9.59 Å². The summed E-state index contributed by atoms with van der Waals surface area (Å²) in [6, 6.07) is 16.3. The quantitative estimate of drug-likeness (QED) is 0.647. The summed E-state index contributed by atoms with van der Waals surface area (Å²) in [5, 5.41) is 7.79. The van der Waals surface area contributed by atoms with E-state index in [2.05, 4.69) is 5.32 Å². The minimum Gasteiger partial charge on any atom is -0.484 e. The first-order valence-corrected chi connectivity index (χ1v) is 9.50. The number of ether oxygens (including phenoxy) is 1. The lowest BCUT2D eigenvalue weighted by Gasteiger charge is -2.11. The van der Waals surface area contributed by atoms with Crippen molar-refractivity contribution >= 4 is 17.6 Å². The van der Waals surface area contributed by atoms with Crippen molar-refractivity contribution in [2.75, 3.05) is 11.9 Å². The van der Waals surface area contributed by atoms with E-state index in [4.69, 9.17) is 15.6 Å². The number of hydrogen-bond acceptors (Lipinski definition) is 4. The molecule has 7 nitrogen and oxygen atoms in total. The molecule has 2 aromatic carbocycles. The molecule has 0 saturated heterocycles. The molecule has 29 heavy (non-hydrogen) atoms. The highest BCUT2D eigenvalue weighted by molar-refractivity contribution is 6.04. The Labute approximate surface area is 168 Å². The van der Waals surface area contributed by atoms with Crippen LogP contribution in [0.2, 0.25) is 0 Å². The Morgan fingerprint density at radius 1 is 1.14 bits per heavy atom. The standard InChI is InChI=1S/C22H22N4O3/c1-14-20(15-7-8-15)25-26(17-5-3-2-4-6-17)21(14)24-22(28)16-9-11-18(12-10-16)29-13-19(23)27/h2-6,9-12,15H,7-8,13H2,1H3,(H2,23,27)(H,24,28). The number of carbonyl (C=O) groups is 2. The van der Waals surface area contributed by atoms with Gasteiger partial charge in [0.15, 0.2) is 6.61 Å². The normalized spacial score (nSPS) is 13.1. The summed E-state index contributed by atoms with van der Waals surface area (Å²) < 4.78 is 7.03. The van der Waals surface area contributed by atoms with Gasteiger partial charge in [-0.2, -0.15) is 5.10 Å². The van der Waals surface area contributed by atoms with Crippen molar-refractivity contribution in [2.45, 2.75) is 25.7 Å². The van der Waals surface area contributed by atoms with Crippen LogP contribution >= 0.6 is 0 Å². The van der Waals surface area contributed by atoms with Gasteiger partial charge >= 0.3 is 0 Å². The Balaban J connectivity index is 1.58. The summed E-state index contributed by atoms with van der Waals surface area (Å²) in [5.74, 6) is 0.827. The smallest absolute Gasteiger partial charge is 0.256 e. The first-order valence-electron chi connectivity index (χ1n) is 9.50. The van der Waals surface area contributed by atoms with E-state index >= 15 is 0 Å². The van der Waals surface area contributed by atoms with Crippen LogP contribution in [0.5, 0.6) is 5.75 Å². The van der Waals surface area contributed by atoms with E-state index in [-0.39, 0.29) is 12.5 Å². The molecule has 0 unspecified atom stereocenters. The second-order valence-corrected chi connectivity index (χ2v) is 7.11. The third kappa shape index (κ3) is 4.13. The summed E-state index contributed by atoms with van der Waals surface area (Å²) in [4.78, 5) is 23.7. The Morgan fingerprint density at radius 2 is 1.83 bits per heavy atom. The summed E-state index contributed by atoms with van der Waals surface area (Å²) >= 11 is 0. The van der Waals surface area contributed by atoms with Crippen molar-refractivity contribution in [1.82, 2.24) is 9.78 Å². The summed E-state index contributed by atoms with van der Waals surface area (Å²) in [7, 11) is 0. The molecule has 0 spiro atoms. The zero-order chi connectivity index (χ0) is 20.4. The fourth-order valence-corrected chi connectivity index (χ4v) is 3.20. The van der Waals surface area contributed by atoms with Crippen LogP contribution in [0.15, 0.2) is 54.6 Å². The Hall–Kier alpha value is -3.61. The van der Waals surface area contributed by atoms with Crippen molar-refractivity contribution in [3.05, 3.63) is 71.4 Å². The highest BCUT2D eigenvalue weighted by Gasteiger charge is 2.31. The molecule has 7 heteroatoms. The van der Waals surface area contributed by atoms with Crippen LogP contribution in [0.25, 0.3) is 5.69 Å². The van der Waals surface area contributed by atoms with Crippen LogP contribution in [0.3, 0.4) is 0 Å². The Bertz CT molecular complexity index is 1040. The second-order valence-electron chi connectivity index (χ2n) is 7.11. The average Bonchev–Trinajstić information content (AvgIpc) is 3.52. The lowest BCUT2D eigenvalue weighted by molar-refractivity contribution is -0.119. The van der Waals surface area contributed by atoms with E-state index < -0.39 is 5.91 Å². The van der Waals surface area contributed by atoms with Crippen LogP contribution in [0.1, 0.15) is 40.4 Å². The molecule has 0 aliphatic heterocycles. The lowest BCUT2D eigenvalue weighted by Crippen LogP contribution is -2.20. The second kappa shape index (κ2) is 7.79. The maximum absolute atomic E-state index is 12.9. The van der Waals surface area contributed by atoms with Crippen molar-refractivity contribution in [3.63, 3.8) is 0 Å². The van der Waals surface area contributed by atoms with E-state index in [1.54, 1.807) is 28.9 Å². The highest BCUT2D eigenvalue weighted by atomic mass is 16.5. The van der Waals surface area contributed by atoms with Crippen LogP contribution < -0.4 is 15.8 Å². The molecule has 1 aliphatic carbocycles. The van der Waals surface area contributed by atoms with Gasteiger partial charge in [-0.05, 0) is 56.2 Å². The van der Waals surface area contributed by atoms with E-state index in [9.17, 15) is 9.59 Å². The summed E-state index contributed by atoms with van der Waals surface area (Å²) in [6.45, 7) is 1.79. The van der Waals surface area contributed by atoms with Crippen LogP contribution in [0, 0.1) is 6.92 Å². The molecular formula is C22H22N4O3. The molecule has 1 heterocycles. The monoisotopic (exact) mass is 390 g/mol. The summed E-state index contributed by atoms with van der Waals surface area (Å²) in [6.07, 6.45) is 2.26. The third-order valence-electron chi connectivity index (χ3n) is 4.85. The van der Waals surface area contributed by atoms with Gasteiger partial charge < -0.3 is 15.8 Å². The van der Waals surface area contributed by atoms with E-state index in [1.165, 1.54) is 0 Å². The van der Waals surface area contributed by atoms with Crippen LogP contribution in [0.4, 0.5) is 5.82 Å². The van der Waals surface area contributed by atoms with Crippen molar-refractivity contribution in [1.29, 1.82) is 0 Å². The largest absolute Gasteiger partial charge is 0.484 e. The van der Waals surface area contributed by atoms with E-state index in [1.807, 2.05) is 37.3 Å². The number of rotatable bonds is 7. The first kappa shape index (κ1) is 18.7. The number of carbonyl (C=O) groups excluding carboxylic acids is 2. The minimum absolute atomic E-state index is 0.203. The maximum atomic E-state index is 12.9.